The molecule has 8 nitrogen and oxygen atoms in total. The molecular weight excluding hydrogens is 501 g/mol. The van der Waals surface area contributed by atoms with Gasteiger partial charge in [-0.05, 0) is 62.1 Å². The largest absolute Gasteiger partial charge is 0.490 e. The van der Waals surface area contributed by atoms with Gasteiger partial charge < -0.3 is 9.47 Å². The van der Waals surface area contributed by atoms with Gasteiger partial charge >= 0.3 is 6.18 Å². The van der Waals surface area contributed by atoms with E-state index in [0.717, 1.165) is 25.0 Å². The van der Waals surface area contributed by atoms with Crippen LogP contribution in [-0.2, 0) is 25.8 Å². The summed E-state index contributed by atoms with van der Waals surface area (Å²) in [4.78, 5) is 17.9. The van der Waals surface area contributed by atoms with Crippen molar-refractivity contribution in [3.05, 3.63) is 59.7 Å². The van der Waals surface area contributed by atoms with Gasteiger partial charge in [0.05, 0.1) is 16.0 Å². The predicted molar refractivity (Wildman–Crippen MR) is 122 cm³/mol. The number of hydrogen-bond acceptors (Lipinski definition) is 6. The van der Waals surface area contributed by atoms with Crippen molar-refractivity contribution in [2.24, 2.45) is 0 Å². The molecule has 2 aromatic rings. The van der Waals surface area contributed by atoms with E-state index < -0.39 is 34.0 Å². The minimum absolute atomic E-state index is 0.0450. The summed E-state index contributed by atoms with van der Waals surface area (Å²) in [5.41, 5.74) is 1.48. The normalized spacial score (nSPS) is 20.1. The van der Waals surface area contributed by atoms with Crippen LogP contribution in [0.15, 0.2) is 53.4 Å². The molecule has 4 rings (SSSR count). The fourth-order valence-corrected chi connectivity index (χ4v) is 5.76. The summed E-state index contributed by atoms with van der Waals surface area (Å²) >= 11 is 0. The fourth-order valence-electron chi connectivity index (χ4n) is 4.10. The van der Waals surface area contributed by atoms with E-state index in [2.05, 4.69) is 5.48 Å². The van der Waals surface area contributed by atoms with Gasteiger partial charge in [-0.3, -0.25) is 4.79 Å². The highest BCUT2D eigenvalue weighted by Gasteiger charge is 2.34. The maximum absolute atomic E-state index is 13.3. The number of hydrogen-bond donors (Lipinski definition) is 1. The monoisotopic (exact) mass is 528 g/mol. The maximum atomic E-state index is 13.3. The van der Waals surface area contributed by atoms with Gasteiger partial charge in [0, 0.05) is 26.1 Å². The SMILES string of the molecule is O=C(NOC1CCCCO1)c1ccccc1S(=O)(=O)N1CCC(Oc2ccc(C(F)(F)F)cc2)CC1. The molecule has 2 fully saturated rings. The van der Waals surface area contributed by atoms with Gasteiger partial charge in [0.15, 0.2) is 6.29 Å². The van der Waals surface area contributed by atoms with Crippen molar-refractivity contribution in [3.63, 3.8) is 0 Å². The Kier molecular flexibility index (Phi) is 8.18. The zero-order valence-corrected chi connectivity index (χ0v) is 20.2. The third kappa shape index (κ3) is 6.36. The molecule has 2 aliphatic rings. The van der Waals surface area contributed by atoms with Crippen LogP contribution < -0.4 is 10.2 Å². The lowest BCUT2D eigenvalue weighted by Gasteiger charge is -2.32. The van der Waals surface area contributed by atoms with Crippen molar-refractivity contribution in [3.8, 4) is 5.75 Å². The Morgan fingerprint density at radius 2 is 1.69 bits per heavy atom. The number of nitrogens with one attached hydrogen (secondary N) is 1. The topological polar surface area (TPSA) is 94.2 Å². The Labute approximate surface area is 207 Å². The molecule has 1 N–H and O–H groups in total. The van der Waals surface area contributed by atoms with Crippen molar-refractivity contribution in [1.82, 2.24) is 9.79 Å². The number of halogens is 3. The molecule has 0 radical (unpaired) electrons. The van der Waals surface area contributed by atoms with E-state index in [1.807, 2.05) is 0 Å². The number of amides is 1. The van der Waals surface area contributed by atoms with E-state index in [0.29, 0.717) is 25.9 Å². The molecule has 0 saturated carbocycles. The lowest BCUT2D eigenvalue weighted by molar-refractivity contribution is -0.186. The van der Waals surface area contributed by atoms with Crippen molar-refractivity contribution in [2.45, 2.75) is 55.6 Å². The van der Waals surface area contributed by atoms with Gasteiger partial charge in [-0.15, -0.1) is 0 Å². The number of piperidine rings is 1. The molecule has 2 heterocycles. The summed E-state index contributed by atoms with van der Waals surface area (Å²) in [5.74, 6) is -0.405. The first-order chi connectivity index (χ1) is 17.1. The second kappa shape index (κ2) is 11.2. The van der Waals surface area contributed by atoms with E-state index in [9.17, 15) is 26.4 Å². The van der Waals surface area contributed by atoms with Crippen LogP contribution in [0.1, 0.15) is 48.0 Å². The van der Waals surface area contributed by atoms with Crippen molar-refractivity contribution < 1.29 is 40.7 Å². The van der Waals surface area contributed by atoms with Crippen molar-refractivity contribution >= 4 is 15.9 Å². The number of carbonyl (C=O) groups excluding carboxylic acids is 1. The van der Waals surface area contributed by atoms with Crippen LogP contribution in [0.5, 0.6) is 5.75 Å². The molecule has 0 aliphatic carbocycles. The average molecular weight is 529 g/mol. The predicted octanol–water partition coefficient (Wildman–Crippen LogP) is 4.13. The Morgan fingerprint density at radius 3 is 2.33 bits per heavy atom. The molecular formula is C24H27F3N2O6S. The maximum Gasteiger partial charge on any atom is 0.416 e. The third-order valence-electron chi connectivity index (χ3n) is 6.06. The quantitative estimate of drug-likeness (QED) is 0.544. The minimum atomic E-state index is -4.43. The standard InChI is InChI=1S/C24H27F3N2O6S/c25-24(26,27)17-8-10-18(11-9-17)34-19-12-14-29(15-13-19)36(31,32)21-6-2-1-5-20(21)23(30)28-35-22-7-3-4-16-33-22/h1-2,5-6,8-11,19,22H,3-4,7,12-16H2,(H,28,30). The molecule has 1 amide bonds. The summed E-state index contributed by atoms with van der Waals surface area (Å²) in [6, 6.07) is 10.3. The molecule has 0 bridgehead atoms. The lowest BCUT2D eigenvalue weighted by Crippen LogP contribution is -2.42. The van der Waals surface area contributed by atoms with Crippen LogP contribution in [0.4, 0.5) is 13.2 Å². The number of sulfonamides is 1. The third-order valence-corrected chi connectivity index (χ3v) is 8.01. The highest BCUT2D eigenvalue weighted by Crippen LogP contribution is 2.31. The molecule has 0 spiro atoms. The summed E-state index contributed by atoms with van der Waals surface area (Å²) < 4.78 is 77.4. The summed E-state index contributed by atoms with van der Waals surface area (Å²) in [5, 5.41) is 0. The molecule has 0 aromatic heterocycles. The van der Waals surface area contributed by atoms with Crippen LogP contribution >= 0.6 is 0 Å². The molecule has 2 saturated heterocycles. The lowest BCUT2D eigenvalue weighted by atomic mass is 10.1. The number of ether oxygens (including phenoxy) is 2. The number of hydroxylamine groups is 1. The Balaban J connectivity index is 1.37. The van der Waals surface area contributed by atoms with Crippen LogP contribution in [0, 0.1) is 0 Å². The second-order valence-corrected chi connectivity index (χ2v) is 10.5. The molecule has 1 atom stereocenters. The number of rotatable bonds is 7. The fraction of sp³-hybridized carbons (Fsp3) is 0.458. The molecule has 1 unspecified atom stereocenters. The number of alkyl halides is 3. The minimum Gasteiger partial charge on any atom is -0.490 e. The Hall–Kier alpha value is -2.67. The first-order valence-corrected chi connectivity index (χ1v) is 13.1. The molecule has 36 heavy (non-hydrogen) atoms. The number of nitrogens with zero attached hydrogens (tertiary/aromatic N) is 1. The van der Waals surface area contributed by atoms with Crippen LogP contribution in [0.3, 0.4) is 0 Å². The zero-order valence-electron chi connectivity index (χ0n) is 19.4. The summed E-state index contributed by atoms with van der Waals surface area (Å²) in [7, 11) is -3.99. The van der Waals surface area contributed by atoms with Gasteiger partial charge in [0.2, 0.25) is 10.0 Å². The molecule has 196 valence electrons. The Morgan fingerprint density at radius 1 is 1.00 bits per heavy atom. The average Bonchev–Trinajstić information content (AvgIpc) is 2.88. The summed E-state index contributed by atoms with van der Waals surface area (Å²) in [6.07, 6.45) is -2.21. The first kappa shape index (κ1) is 26.4. The van der Waals surface area contributed by atoms with Gasteiger partial charge in [0.25, 0.3) is 5.91 Å². The van der Waals surface area contributed by atoms with Gasteiger partial charge in [-0.25, -0.2) is 18.7 Å². The van der Waals surface area contributed by atoms with Gasteiger partial charge in [-0.2, -0.15) is 17.5 Å². The molecule has 2 aromatic carbocycles. The van der Waals surface area contributed by atoms with E-state index in [-0.39, 0.29) is 35.4 Å². The Bertz CT molecular complexity index is 1140. The van der Waals surface area contributed by atoms with Crippen LogP contribution in [-0.4, -0.2) is 50.7 Å². The smallest absolute Gasteiger partial charge is 0.416 e. The zero-order chi connectivity index (χ0) is 25.8. The highest BCUT2D eigenvalue weighted by atomic mass is 32.2. The van der Waals surface area contributed by atoms with E-state index in [1.165, 1.54) is 34.6 Å². The molecule has 12 heteroatoms. The van der Waals surface area contributed by atoms with Gasteiger partial charge in [-0.1, -0.05) is 12.1 Å². The highest BCUT2D eigenvalue weighted by molar-refractivity contribution is 7.89. The first-order valence-electron chi connectivity index (χ1n) is 11.7. The number of carbonyl (C=O) groups is 1. The number of benzene rings is 2. The van der Waals surface area contributed by atoms with E-state index in [4.69, 9.17) is 14.3 Å². The van der Waals surface area contributed by atoms with E-state index in [1.54, 1.807) is 6.07 Å². The van der Waals surface area contributed by atoms with Gasteiger partial charge in [0.1, 0.15) is 11.9 Å². The summed E-state index contributed by atoms with van der Waals surface area (Å²) in [6.45, 7) is 0.802. The van der Waals surface area contributed by atoms with Crippen LogP contribution in [0.25, 0.3) is 0 Å². The van der Waals surface area contributed by atoms with E-state index >= 15 is 0 Å². The van der Waals surface area contributed by atoms with Crippen molar-refractivity contribution in [2.75, 3.05) is 19.7 Å². The molecule has 2 aliphatic heterocycles. The second-order valence-electron chi connectivity index (χ2n) is 8.58. The van der Waals surface area contributed by atoms with Crippen LogP contribution in [0.2, 0.25) is 0 Å². The van der Waals surface area contributed by atoms with Crippen molar-refractivity contribution in [1.29, 1.82) is 0 Å².